The molecule has 0 bridgehead atoms. The molecule has 2 nitrogen and oxygen atoms in total. The Kier molecular flexibility index (Phi) is 2.22. The molecule has 0 amide bonds. The van der Waals surface area contributed by atoms with Gasteiger partial charge >= 0.3 is 0 Å². The number of fused-ring (bicyclic) bond motifs is 9. The Labute approximate surface area is 142 Å². The van der Waals surface area contributed by atoms with E-state index in [1.807, 2.05) is 0 Å². The van der Waals surface area contributed by atoms with Crippen LogP contribution in [0.25, 0.3) is 11.1 Å². The second-order valence-electron chi connectivity index (χ2n) is 7.09. The molecule has 3 aromatic carbocycles. The van der Waals surface area contributed by atoms with E-state index in [1.54, 1.807) is 0 Å². The van der Waals surface area contributed by atoms with Crippen molar-refractivity contribution in [2.75, 3.05) is 16.8 Å². The van der Waals surface area contributed by atoms with Crippen LogP contribution in [0.15, 0.2) is 60.7 Å². The van der Waals surface area contributed by atoms with Crippen LogP contribution in [0.2, 0.25) is 0 Å². The lowest BCUT2D eigenvalue weighted by atomic mass is 9.97. The number of benzene rings is 3. The zero-order valence-electron chi connectivity index (χ0n) is 13.7. The Hall–Kier alpha value is -2.74. The quantitative estimate of drug-likeness (QED) is 0.463. The Morgan fingerprint density at radius 1 is 0.792 bits per heavy atom. The first kappa shape index (κ1) is 12.7. The minimum Gasteiger partial charge on any atom is -0.352 e. The van der Waals surface area contributed by atoms with Gasteiger partial charge in [0.15, 0.2) is 0 Å². The van der Waals surface area contributed by atoms with Crippen LogP contribution in [0.5, 0.6) is 0 Å². The molecule has 1 atom stereocenters. The third-order valence-corrected chi connectivity index (χ3v) is 5.95. The van der Waals surface area contributed by atoms with Crippen molar-refractivity contribution >= 4 is 17.1 Å². The number of hydrogen-bond donors (Lipinski definition) is 0. The minimum absolute atomic E-state index is 0.414. The smallest absolute Gasteiger partial charge is 0.110 e. The predicted molar refractivity (Wildman–Crippen MR) is 99.2 cm³/mol. The lowest BCUT2D eigenvalue weighted by molar-refractivity contribution is 0.704. The third-order valence-electron chi connectivity index (χ3n) is 5.95. The average molecular weight is 310 g/mol. The molecular weight excluding hydrogens is 292 g/mol. The van der Waals surface area contributed by atoms with Crippen molar-refractivity contribution in [2.45, 2.75) is 19.0 Å². The standard InChI is InChI=1S/C22H18N2/c1-23-19-8-4-5-9-20(19)24-18-11-10-15-12-14-6-2-3-7-16(14)22(15)17(18)13-21(23)24/h2-11,21H,12-13H2,1H3. The van der Waals surface area contributed by atoms with Crippen molar-refractivity contribution in [3.63, 3.8) is 0 Å². The predicted octanol–water partition coefficient (Wildman–Crippen LogP) is 4.73. The van der Waals surface area contributed by atoms with Crippen molar-refractivity contribution in [3.8, 4) is 11.1 Å². The van der Waals surface area contributed by atoms with Gasteiger partial charge in [-0.1, -0.05) is 42.5 Å². The number of likely N-dealkylation sites (N-methyl/N-ethyl adjacent to an activating group) is 1. The molecule has 2 aliphatic heterocycles. The Morgan fingerprint density at radius 2 is 1.58 bits per heavy atom. The third kappa shape index (κ3) is 1.38. The lowest BCUT2D eigenvalue weighted by Gasteiger charge is -2.23. The van der Waals surface area contributed by atoms with Crippen LogP contribution in [0.4, 0.5) is 17.1 Å². The Balaban J connectivity index is 1.60. The van der Waals surface area contributed by atoms with Crippen LogP contribution in [0.1, 0.15) is 16.7 Å². The molecule has 116 valence electrons. The van der Waals surface area contributed by atoms with Gasteiger partial charge in [0.1, 0.15) is 6.17 Å². The number of hydrogen-bond acceptors (Lipinski definition) is 2. The highest BCUT2D eigenvalue weighted by Crippen LogP contribution is 2.53. The van der Waals surface area contributed by atoms with E-state index in [9.17, 15) is 0 Å². The summed E-state index contributed by atoms with van der Waals surface area (Å²) < 4.78 is 0. The van der Waals surface area contributed by atoms with E-state index >= 15 is 0 Å². The van der Waals surface area contributed by atoms with E-state index in [0.29, 0.717) is 6.17 Å². The molecule has 2 heteroatoms. The molecule has 3 aliphatic rings. The summed E-state index contributed by atoms with van der Waals surface area (Å²) in [5, 5.41) is 0. The average Bonchev–Trinajstić information content (AvgIpc) is 3.25. The molecule has 0 spiro atoms. The first-order valence-corrected chi connectivity index (χ1v) is 8.67. The van der Waals surface area contributed by atoms with Gasteiger partial charge < -0.3 is 9.80 Å². The highest BCUT2D eigenvalue weighted by atomic mass is 15.4. The van der Waals surface area contributed by atoms with Gasteiger partial charge in [-0.2, -0.15) is 0 Å². The van der Waals surface area contributed by atoms with Gasteiger partial charge in [0.05, 0.1) is 11.4 Å². The van der Waals surface area contributed by atoms with Crippen LogP contribution in [0, 0.1) is 0 Å². The molecule has 3 aromatic rings. The molecule has 0 fully saturated rings. The highest BCUT2D eigenvalue weighted by molar-refractivity contribution is 5.92. The fourth-order valence-corrected chi connectivity index (χ4v) is 4.89. The summed E-state index contributed by atoms with van der Waals surface area (Å²) in [6, 6.07) is 22.4. The van der Waals surface area contributed by atoms with E-state index in [2.05, 4.69) is 77.5 Å². The molecule has 1 aliphatic carbocycles. The van der Waals surface area contributed by atoms with Crippen LogP contribution in [-0.2, 0) is 12.8 Å². The summed E-state index contributed by atoms with van der Waals surface area (Å²) in [7, 11) is 2.23. The first-order chi connectivity index (χ1) is 11.8. The molecule has 0 saturated heterocycles. The normalized spacial score (nSPS) is 19.0. The van der Waals surface area contributed by atoms with Gasteiger partial charge in [-0.25, -0.2) is 0 Å². The van der Waals surface area contributed by atoms with Crippen molar-refractivity contribution < 1.29 is 0 Å². The zero-order chi connectivity index (χ0) is 15.8. The topological polar surface area (TPSA) is 6.48 Å². The van der Waals surface area contributed by atoms with E-state index in [4.69, 9.17) is 0 Å². The summed E-state index contributed by atoms with van der Waals surface area (Å²) in [6.07, 6.45) is 2.59. The van der Waals surface area contributed by atoms with Crippen LogP contribution >= 0.6 is 0 Å². The van der Waals surface area contributed by atoms with Gasteiger partial charge in [-0.15, -0.1) is 0 Å². The SMILES string of the molecule is CN1c2ccccc2N2c3ccc4c(c3CC12)-c1ccccc1C4. The monoisotopic (exact) mass is 310 g/mol. The van der Waals surface area contributed by atoms with Gasteiger partial charge in [0.25, 0.3) is 0 Å². The molecule has 2 heterocycles. The summed E-state index contributed by atoms with van der Waals surface area (Å²) in [5.41, 5.74) is 11.5. The summed E-state index contributed by atoms with van der Waals surface area (Å²) in [4.78, 5) is 4.97. The maximum Gasteiger partial charge on any atom is 0.110 e. The minimum atomic E-state index is 0.414. The van der Waals surface area contributed by atoms with Crippen LogP contribution in [0.3, 0.4) is 0 Å². The molecule has 0 aromatic heterocycles. The highest BCUT2D eigenvalue weighted by Gasteiger charge is 2.42. The molecule has 1 unspecified atom stereocenters. The molecule has 0 radical (unpaired) electrons. The van der Waals surface area contributed by atoms with E-state index < -0.39 is 0 Å². The summed E-state index contributed by atoms with van der Waals surface area (Å²) in [6.45, 7) is 0. The fraction of sp³-hybridized carbons (Fsp3) is 0.182. The molecular formula is C22H18N2. The van der Waals surface area contributed by atoms with Crippen molar-refractivity contribution in [3.05, 3.63) is 77.4 Å². The molecule has 24 heavy (non-hydrogen) atoms. The second-order valence-corrected chi connectivity index (χ2v) is 7.09. The second kappa shape index (κ2) is 4.21. The van der Waals surface area contributed by atoms with E-state index in [1.165, 1.54) is 44.9 Å². The molecule has 6 rings (SSSR count). The number of para-hydroxylation sites is 2. The van der Waals surface area contributed by atoms with Crippen LogP contribution < -0.4 is 9.80 Å². The summed E-state index contributed by atoms with van der Waals surface area (Å²) in [5.74, 6) is 0. The van der Waals surface area contributed by atoms with Crippen molar-refractivity contribution in [1.82, 2.24) is 0 Å². The maximum atomic E-state index is 2.53. The molecule has 0 saturated carbocycles. The van der Waals surface area contributed by atoms with Gasteiger partial charge in [0, 0.05) is 19.2 Å². The van der Waals surface area contributed by atoms with Gasteiger partial charge in [0.2, 0.25) is 0 Å². The Morgan fingerprint density at radius 3 is 2.50 bits per heavy atom. The Bertz CT molecular complexity index is 1000. The summed E-state index contributed by atoms with van der Waals surface area (Å²) >= 11 is 0. The van der Waals surface area contributed by atoms with E-state index in [-0.39, 0.29) is 0 Å². The van der Waals surface area contributed by atoms with Gasteiger partial charge in [-0.3, -0.25) is 0 Å². The van der Waals surface area contributed by atoms with E-state index in [0.717, 1.165) is 12.8 Å². The lowest BCUT2D eigenvalue weighted by Crippen LogP contribution is -2.35. The van der Waals surface area contributed by atoms with Crippen molar-refractivity contribution in [2.24, 2.45) is 0 Å². The first-order valence-electron chi connectivity index (χ1n) is 8.67. The fourth-order valence-electron chi connectivity index (χ4n) is 4.89. The zero-order valence-corrected chi connectivity index (χ0v) is 13.7. The number of rotatable bonds is 0. The maximum absolute atomic E-state index is 2.53. The number of anilines is 3. The van der Waals surface area contributed by atoms with Gasteiger partial charge in [-0.05, 0) is 52.4 Å². The number of nitrogens with zero attached hydrogens (tertiary/aromatic N) is 2. The van der Waals surface area contributed by atoms with Crippen LogP contribution in [-0.4, -0.2) is 13.2 Å². The largest absolute Gasteiger partial charge is 0.352 e. The van der Waals surface area contributed by atoms with Crippen molar-refractivity contribution in [1.29, 1.82) is 0 Å². The molecule has 0 N–H and O–H groups in total.